The number of carbonyl (C=O) groups is 2. The van der Waals surface area contributed by atoms with Gasteiger partial charge in [-0.3, -0.25) is 4.79 Å². The highest BCUT2D eigenvalue weighted by atomic mass is 32.2. The second-order valence-corrected chi connectivity index (χ2v) is 6.87. The fourth-order valence-corrected chi connectivity index (χ4v) is 2.98. The third kappa shape index (κ3) is 5.19. The van der Waals surface area contributed by atoms with E-state index >= 15 is 0 Å². The van der Waals surface area contributed by atoms with Crippen LogP contribution >= 0.6 is 11.8 Å². The maximum atomic E-state index is 13.0. The van der Waals surface area contributed by atoms with Gasteiger partial charge in [0.15, 0.2) is 5.82 Å². The van der Waals surface area contributed by atoms with Gasteiger partial charge in [-0.15, -0.1) is 10.2 Å². The van der Waals surface area contributed by atoms with Crippen molar-refractivity contribution in [3.05, 3.63) is 30.1 Å². The van der Waals surface area contributed by atoms with Gasteiger partial charge in [0.1, 0.15) is 11.9 Å². The van der Waals surface area contributed by atoms with E-state index in [1.54, 1.807) is 0 Å². The van der Waals surface area contributed by atoms with E-state index < -0.39 is 12.0 Å². The van der Waals surface area contributed by atoms with Crippen molar-refractivity contribution < 1.29 is 18.7 Å². The van der Waals surface area contributed by atoms with E-state index in [1.165, 1.54) is 36.1 Å². The highest BCUT2D eigenvalue weighted by molar-refractivity contribution is 7.99. The lowest BCUT2D eigenvalue weighted by Crippen LogP contribution is -2.46. The Kier molecular flexibility index (Phi) is 7.17. The molecule has 0 fully saturated rings. The molecule has 2 aromatic rings. The Morgan fingerprint density at radius 1 is 1.33 bits per heavy atom. The minimum Gasteiger partial charge on any atom is -0.467 e. The summed E-state index contributed by atoms with van der Waals surface area (Å²) in [5, 5.41) is 10.9. The van der Waals surface area contributed by atoms with Crippen molar-refractivity contribution in [1.82, 2.24) is 20.2 Å². The Bertz CT molecular complexity index is 796. The molecular weight excluding hydrogens is 373 g/mol. The van der Waals surface area contributed by atoms with Gasteiger partial charge in [0.05, 0.1) is 12.9 Å². The smallest absolute Gasteiger partial charge is 0.328 e. The van der Waals surface area contributed by atoms with Crippen LogP contribution in [0.2, 0.25) is 0 Å². The lowest BCUT2D eigenvalue weighted by molar-refractivity contribution is -0.146. The predicted molar refractivity (Wildman–Crippen MR) is 99.7 cm³/mol. The summed E-state index contributed by atoms with van der Waals surface area (Å²) < 4.78 is 19.0. The van der Waals surface area contributed by atoms with Gasteiger partial charge in [0.2, 0.25) is 11.1 Å². The number of rotatable bonds is 8. The molecule has 0 saturated carbocycles. The summed E-state index contributed by atoms with van der Waals surface area (Å²) in [6.07, 6.45) is 0.714. The summed E-state index contributed by atoms with van der Waals surface area (Å²) in [5.41, 5.74) is 0.602. The summed E-state index contributed by atoms with van der Waals surface area (Å²) in [5.74, 6) is 5.07. The Morgan fingerprint density at radius 2 is 2.00 bits per heavy atom. The highest BCUT2D eigenvalue weighted by Gasteiger charge is 2.26. The fraction of sp³-hybridized carbons (Fsp3) is 0.412. The topological polar surface area (TPSA) is 112 Å². The lowest BCUT2D eigenvalue weighted by atomic mass is 9.99. The van der Waals surface area contributed by atoms with Crippen molar-refractivity contribution >= 4 is 23.6 Å². The van der Waals surface area contributed by atoms with Crippen LogP contribution in [-0.2, 0) is 14.3 Å². The van der Waals surface area contributed by atoms with Crippen molar-refractivity contribution in [3.63, 3.8) is 0 Å². The summed E-state index contributed by atoms with van der Waals surface area (Å²) in [4.78, 5) is 24.1. The van der Waals surface area contributed by atoms with Crippen molar-refractivity contribution in [1.29, 1.82) is 0 Å². The molecule has 0 radical (unpaired) electrons. The van der Waals surface area contributed by atoms with Gasteiger partial charge in [-0.1, -0.05) is 32.0 Å². The molecule has 0 aliphatic carbocycles. The van der Waals surface area contributed by atoms with E-state index in [0.717, 1.165) is 11.8 Å². The molecule has 1 aromatic carbocycles. The maximum absolute atomic E-state index is 13.0. The molecule has 0 aliphatic rings. The van der Waals surface area contributed by atoms with Gasteiger partial charge in [0, 0.05) is 5.56 Å². The zero-order valence-electron chi connectivity index (χ0n) is 15.3. The van der Waals surface area contributed by atoms with E-state index in [2.05, 4.69) is 15.5 Å². The number of ether oxygens (including phenoxy) is 1. The molecule has 10 heteroatoms. The summed E-state index contributed by atoms with van der Waals surface area (Å²) >= 11 is 1.08. The summed E-state index contributed by atoms with van der Waals surface area (Å²) in [6.45, 7) is 3.79. The number of hydrogen-bond acceptors (Lipinski definition) is 7. The standard InChI is InChI=1S/C17H22FN5O3S/c1-4-10(2)14(16(25)26-3)20-13(24)9-27-17-22-21-15(23(17)19)11-5-7-12(18)8-6-11/h5-8,10,14H,4,9,19H2,1-3H3,(H,20,24)/t10-,14+/m0/s1. The van der Waals surface area contributed by atoms with Crippen LogP contribution in [0.5, 0.6) is 0 Å². The number of aromatic nitrogens is 3. The van der Waals surface area contributed by atoms with Gasteiger partial charge in [-0.05, 0) is 30.2 Å². The number of amides is 1. The Labute approximate surface area is 160 Å². The molecule has 1 aromatic heterocycles. The molecule has 0 saturated heterocycles. The first kappa shape index (κ1) is 20.7. The van der Waals surface area contributed by atoms with Crippen LogP contribution in [-0.4, -0.2) is 45.7 Å². The third-order valence-corrected chi connectivity index (χ3v) is 5.03. The van der Waals surface area contributed by atoms with Crippen LogP contribution in [0.25, 0.3) is 11.4 Å². The van der Waals surface area contributed by atoms with E-state index in [0.29, 0.717) is 23.0 Å². The van der Waals surface area contributed by atoms with Crippen molar-refractivity contribution in [3.8, 4) is 11.4 Å². The predicted octanol–water partition coefficient (Wildman–Crippen LogP) is 1.59. The summed E-state index contributed by atoms with van der Waals surface area (Å²) in [6, 6.07) is 4.96. The van der Waals surface area contributed by atoms with Gasteiger partial charge < -0.3 is 15.9 Å². The average molecular weight is 395 g/mol. The second kappa shape index (κ2) is 9.36. The van der Waals surface area contributed by atoms with Gasteiger partial charge in [0.25, 0.3) is 0 Å². The third-order valence-electron chi connectivity index (χ3n) is 4.08. The summed E-state index contributed by atoms with van der Waals surface area (Å²) in [7, 11) is 1.28. The first-order chi connectivity index (χ1) is 12.9. The van der Waals surface area contributed by atoms with E-state index in [9.17, 15) is 14.0 Å². The van der Waals surface area contributed by atoms with Crippen LogP contribution in [0.4, 0.5) is 4.39 Å². The Hall–Kier alpha value is -2.62. The molecule has 0 unspecified atom stereocenters. The number of nitrogens with zero attached hydrogens (tertiary/aromatic N) is 3. The maximum Gasteiger partial charge on any atom is 0.328 e. The molecule has 3 N–H and O–H groups in total. The number of esters is 1. The van der Waals surface area contributed by atoms with Crippen LogP contribution in [0.3, 0.4) is 0 Å². The van der Waals surface area contributed by atoms with Crippen LogP contribution in [0, 0.1) is 11.7 Å². The van der Waals surface area contributed by atoms with E-state index in [4.69, 9.17) is 10.6 Å². The van der Waals surface area contributed by atoms with Gasteiger partial charge in [-0.25, -0.2) is 13.9 Å². The molecule has 1 heterocycles. The van der Waals surface area contributed by atoms with Crippen LogP contribution in [0.15, 0.2) is 29.4 Å². The highest BCUT2D eigenvalue weighted by Crippen LogP contribution is 2.21. The molecule has 146 valence electrons. The number of nitrogen functional groups attached to an aromatic ring is 1. The lowest BCUT2D eigenvalue weighted by Gasteiger charge is -2.21. The van der Waals surface area contributed by atoms with Crippen molar-refractivity contribution in [2.75, 3.05) is 18.7 Å². The Morgan fingerprint density at radius 3 is 2.59 bits per heavy atom. The minimum atomic E-state index is -0.710. The van der Waals surface area contributed by atoms with Crippen molar-refractivity contribution in [2.24, 2.45) is 5.92 Å². The molecule has 2 atom stereocenters. The monoisotopic (exact) mass is 395 g/mol. The number of methoxy groups -OCH3 is 1. The molecule has 1 amide bonds. The normalized spacial score (nSPS) is 13.0. The zero-order chi connectivity index (χ0) is 20.0. The number of benzene rings is 1. The number of carbonyl (C=O) groups excluding carboxylic acids is 2. The molecule has 0 aliphatic heterocycles. The molecule has 0 spiro atoms. The molecule has 0 bridgehead atoms. The zero-order valence-corrected chi connectivity index (χ0v) is 16.1. The average Bonchev–Trinajstić information content (AvgIpc) is 3.04. The quantitative estimate of drug-likeness (QED) is 0.396. The van der Waals surface area contributed by atoms with E-state index in [1.807, 2.05) is 13.8 Å². The first-order valence-electron chi connectivity index (χ1n) is 8.33. The van der Waals surface area contributed by atoms with E-state index in [-0.39, 0.29) is 23.4 Å². The molecule has 2 rings (SSSR count). The van der Waals surface area contributed by atoms with Crippen LogP contribution < -0.4 is 11.2 Å². The number of thioether (sulfide) groups is 1. The minimum absolute atomic E-state index is 0.00266. The largest absolute Gasteiger partial charge is 0.467 e. The number of nitrogens with two attached hydrogens (primary N) is 1. The van der Waals surface area contributed by atoms with Crippen molar-refractivity contribution in [2.45, 2.75) is 31.5 Å². The van der Waals surface area contributed by atoms with Crippen LogP contribution in [0.1, 0.15) is 20.3 Å². The molecular formula is C17H22FN5O3S. The number of nitrogens with one attached hydrogen (secondary N) is 1. The first-order valence-corrected chi connectivity index (χ1v) is 9.32. The number of hydrogen-bond donors (Lipinski definition) is 2. The SMILES string of the molecule is CC[C@H](C)[C@@H](NC(=O)CSc1nnc(-c2ccc(F)cc2)n1N)C(=O)OC. The fourth-order valence-electron chi connectivity index (χ4n) is 2.31. The van der Waals surface area contributed by atoms with Gasteiger partial charge >= 0.3 is 5.97 Å². The number of halogens is 1. The van der Waals surface area contributed by atoms with Gasteiger partial charge in [-0.2, -0.15) is 0 Å². The Balaban J connectivity index is 2.01. The molecule has 8 nitrogen and oxygen atoms in total. The second-order valence-electron chi connectivity index (χ2n) is 5.93. The molecule has 27 heavy (non-hydrogen) atoms.